The van der Waals surface area contributed by atoms with Crippen molar-refractivity contribution in [1.82, 2.24) is 19.2 Å². The summed E-state index contributed by atoms with van der Waals surface area (Å²) in [6.45, 7) is 9.31. The third kappa shape index (κ3) is 7.20. The van der Waals surface area contributed by atoms with Crippen molar-refractivity contribution in [2.45, 2.75) is 59.4 Å². The maximum absolute atomic E-state index is 9.63. The fourth-order valence-electron chi connectivity index (χ4n) is 2.91. The summed E-state index contributed by atoms with van der Waals surface area (Å²) in [6, 6.07) is 4.28. The molecule has 2 rings (SSSR count). The molecule has 1 N–H and O–H groups in total. The molecule has 0 fully saturated rings. The summed E-state index contributed by atoms with van der Waals surface area (Å²) < 4.78 is 16.0. The van der Waals surface area contributed by atoms with Gasteiger partial charge in [0, 0.05) is 44.9 Å². The first kappa shape index (κ1) is 26.4. The van der Waals surface area contributed by atoms with Crippen LogP contribution in [-0.2, 0) is 42.3 Å². The van der Waals surface area contributed by atoms with E-state index in [-0.39, 0.29) is 38.8 Å². The Labute approximate surface area is 191 Å². The third-order valence-electron chi connectivity index (χ3n) is 3.95. The van der Waals surface area contributed by atoms with Gasteiger partial charge < -0.3 is 18.7 Å². The van der Waals surface area contributed by atoms with Crippen LogP contribution in [0.1, 0.15) is 39.9 Å². The van der Waals surface area contributed by atoms with Gasteiger partial charge in [0.25, 0.3) is 8.53 Å². The maximum atomic E-state index is 9.63. The fourth-order valence-corrected chi connectivity index (χ4v) is 4.65. The molecule has 11 heteroatoms. The van der Waals surface area contributed by atoms with Gasteiger partial charge in [-0.1, -0.05) is 11.6 Å². The number of rotatable bonds is 11. The first-order chi connectivity index (χ1) is 13.4. The van der Waals surface area contributed by atoms with E-state index in [9.17, 15) is 5.11 Å². The zero-order chi connectivity index (χ0) is 20.7. The number of hydrogen-bond donors (Lipinski definition) is 1. The number of aliphatic hydroxyl groups excluding tert-OH is 1. The van der Waals surface area contributed by atoms with E-state index in [1.54, 1.807) is 12.3 Å². The van der Waals surface area contributed by atoms with Crippen LogP contribution in [0, 0.1) is 11.3 Å². The largest absolute Gasteiger partial charge is 0.388 e. The number of aromatic nitrogens is 3. The number of aliphatic hydroxyl groups is 1. The van der Waals surface area contributed by atoms with Gasteiger partial charge in [-0.15, -0.1) is 0 Å². The van der Waals surface area contributed by atoms with Gasteiger partial charge in [-0.25, -0.2) is 14.6 Å². The van der Waals surface area contributed by atoms with Gasteiger partial charge >= 0.3 is 0 Å². The van der Waals surface area contributed by atoms with E-state index >= 15 is 0 Å². The molecule has 2 aromatic heterocycles. The normalized spacial score (nSPS) is 12.6. The first-order valence-corrected chi connectivity index (χ1v) is 10.7. The first-order valence-electron chi connectivity index (χ1n) is 9.21. The molecule has 0 aliphatic heterocycles. The summed E-state index contributed by atoms with van der Waals surface area (Å²) in [6.07, 6.45) is 1.87. The monoisotopic (exact) mass is 620 g/mol. The molecule has 0 bridgehead atoms. The summed E-state index contributed by atoms with van der Waals surface area (Å²) >= 11 is 5.98. The van der Waals surface area contributed by atoms with Crippen molar-refractivity contribution in [3.8, 4) is 6.07 Å². The fraction of sp³-hybridized carbons (Fsp3) is 0.611. The van der Waals surface area contributed by atoms with Gasteiger partial charge in [-0.2, -0.15) is 5.26 Å². The van der Waals surface area contributed by atoms with Crippen LogP contribution in [-0.4, -0.2) is 49.6 Å². The maximum Gasteiger partial charge on any atom is 0.259 e. The summed E-state index contributed by atoms with van der Waals surface area (Å²) in [5, 5.41) is 18.9. The molecule has 1 radical (unpaired) electrons. The summed E-state index contributed by atoms with van der Waals surface area (Å²) in [4.78, 5) is 8.71. The van der Waals surface area contributed by atoms with Crippen LogP contribution < -0.4 is 0 Å². The van der Waals surface area contributed by atoms with Crippen LogP contribution in [0.5, 0.6) is 0 Å². The molecule has 1 atom stereocenters. The standard InChI is InChI=1S/C18H27ClN5O3P.Ir/c1-13(2)24(14(3)4)28(26-8-5-6-20)27-9-7-23-17(12-25)22-16-10-15(19)11-21-18(16)23;/h10-11,13-14,25H,5,7-9,12H2,1-4H3;. The summed E-state index contributed by atoms with van der Waals surface area (Å²) in [5.41, 5.74) is 1.28. The van der Waals surface area contributed by atoms with Crippen molar-refractivity contribution in [3.05, 3.63) is 23.1 Å². The zero-order valence-corrected chi connectivity index (χ0v) is 21.0. The van der Waals surface area contributed by atoms with Crippen LogP contribution in [0.15, 0.2) is 12.3 Å². The van der Waals surface area contributed by atoms with Gasteiger partial charge in [0.1, 0.15) is 17.9 Å². The molecule has 1 unspecified atom stereocenters. The average Bonchev–Trinajstić information content (AvgIpc) is 2.97. The van der Waals surface area contributed by atoms with E-state index in [2.05, 4.69) is 48.4 Å². The number of pyridine rings is 1. The van der Waals surface area contributed by atoms with E-state index in [1.807, 2.05) is 4.57 Å². The van der Waals surface area contributed by atoms with Crippen molar-refractivity contribution in [2.75, 3.05) is 13.2 Å². The second-order valence-electron chi connectivity index (χ2n) is 6.71. The second-order valence-corrected chi connectivity index (χ2v) is 8.60. The Balaban J connectivity index is 0.00000420. The number of halogens is 1. The number of hydrogen-bond acceptors (Lipinski definition) is 7. The topological polar surface area (TPSA) is 96.4 Å². The predicted octanol–water partition coefficient (Wildman–Crippen LogP) is 3.87. The molecule has 0 saturated heterocycles. The van der Waals surface area contributed by atoms with E-state index in [0.717, 1.165) is 0 Å². The Morgan fingerprint density at radius 2 is 1.93 bits per heavy atom. The van der Waals surface area contributed by atoms with Crippen molar-refractivity contribution < 1.29 is 34.3 Å². The molecule has 8 nitrogen and oxygen atoms in total. The number of imidazole rings is 1. The van der Waals surface area contributed by atoms with E-state index in [1.165, 1.54) is 0 Å². The SMILES string of the molecule is CC(C)N(C(C)C)P(OCCC#N)OCCn1c(CO)nc2cc(Cl)cnc21.[Ir]. The molecule has 0 saturated carbocycles. The molecule has 0 aliphatic rings. The van der Waals surface area contributed by atoms with Crippen LogP contribution in [0.2, 0.25) is 5.02 Å². The van der Waals surface area contributed by atoms with E-state index in [4.69, 9.17) is 25.9 Å². The summed E-state index contributed by atoms with van der Waals surface area (Å²) in [5.74, 6) is 0.507. The van der Waals surface area contributed by atoms with Gasteiger partial charge in [-0.3, -0.25) is 0 Å². The van der Waals surface area contributed by atoms with Gasteiger partial charge in [0.05, 0.1) is 30.7 Å². The number of nitrogens with zero attached hydrogens (tertiary/aromatic N) is 5. The second kappa shape index (κ2) is 12.9. The van der Waals surface area contributed by atoms with Crippen LogP contribution in [0.3, 0.4) is 0 Å². The Kier molecular flexibility index (Phi) is 11.7. The molecule has 29 heavy (non-hydrogen) atoms. The zero-order valence-electron chi connectivity index (χ0n) is 17.0. The van der Waals surface area contributed by atoms with Crippen LogP contribution in [0.4, 0.5) is 0 Å². The Bertz CT molecular complexity index is 807. The molecule has 163 valence electrons. The van der Waals surface area contributed by atoms with Gasteiger partial charge in [-0.05, 0) is 33.8 Å². The molecule has 2 heterocycles. The van der Waals surface area contributed by atoms with Gasteiger partial charge in [0.2, 0.25) is 0 Å². The van der Waals surface area contributed by atoms with Crippen molar-refractivity contribution in [2.24, 2.45) is 0 Å². The molecular weight excluding hydrogens is 593 g/mol. The van der Waals surface area contributed by atoms with Crippen LogP contribution >= 0.6 is 20.1 Å². The Morgan fingerprint density at radius 1 is 1.28 bits per heavy atom. The Hall–Kier alpha value is -0.681. The number of fused-ring (bicyclic) bond motifs is 1. The van der Waals surface area contributed by atoms with Crippen molar-refractivity contribution in [3.63, 3.8) is 0 Å². The third-order valence-corrected chi connectivity index (χ3v) is 6.27. The van der Waals surface area contributed by atoms with Crippen LogP contribution in [0.25, 0.3) is 11.2 Å². The molecule has 0 spiro atoms. The molecule has 2 aromatic rings. The smallest absolute Gasteiger partial charge is 0.259 e. The van der Waals surface area contributed by atoms with E-state index in [0.29, 0.717) is 48.2 Å². The minimum absolute atomic E-state index is 0. The molecule has 0 aromatic carbocycles. The van der Waals surface area contributed by atoms with Crippen molar-refractivity contribution in [1.29, 1.82) is 5.26 Å². The summed E-state index contributed by atoms with van der Waals surface area (Å²) in [7, 11) is -1.31. The number of nitriles is 1. The minimum atomic E-state index is -1.31. The Morgan fingerprint density at radius 3 is 2.52 bits per heavy atom. The molecule has 0 amide bonds. The predicted molar refractivity (Wildman–Crippen MR) is 110 cm³/mol. The van der Waals surface area contributed by atoms with Gasteiger partial charge in [0.15, 0.2) is 5.65 Å². The van der Waals surface area contributed by atoms with Crippen molar-refractivity contribution >= 4 is 31.3 Å². The quantitative estimate of drug-likeness (QED) is 0.301. The average molecular weight is 620 g/mol. The molecular formula is C18H27ClIrN5O3P. The molecule has 0 aliphatic carbocycles. The minimum Gasteiger partial charge on any atom is -0.388 e. The van der Waals surface area contributed by atoms with E-state index < -0.39 is 8.53 Å².